The van der Waals surface area contributed by atoms with Crippen LogP contribution < -0.4 is 4.90 Å². The highest BCUT2D eigenvalue weighted by Crippen LogP contribution is 2.59. The van der Waals surface area contributed by atoms with Gasteiger partial charge in [0.25, 0.3) is 0 Å². The van der Waals surface area contributed by atoms with Crippen LogP contribution in [0, 0.1) is 25.2 Å². The molecule has 0 radical (unpaired) electrons. The fraction of sp³-hybridized carbons (Fsp3) is 0.429. The van der Waals surface area contributed by atoms with E-state index in [-0.39, 0.29) is 17.7 Å². The lowest BCUT2D eigenvalue weighted by atomic mass is 10.1. The fourth-order valence-electron chi connectivity index (χ4n) is 2.80. The Labute approximate surface area is 100 Å². The van der Waals surface area contributed by atoms with E-state index in [2.05, 4.69) is 0 Å². The fourth-order valence-corrected chi connectivity index (χ4v) is 2.80. The largest absolute Gasteiger partial charge is 0.274 e. The zero-order valence-corrected chi connectivity index (χ0v) is 10.3. The Kier molecular flexibility index (Phi) is 1.84. The van der Waals surface area contributed by atoms with Crippen LogP contribution in [0.2, 0.25) is 0 Å². The minimum absolute atomic E-state index is 0.0255. The van der Waals surface area contributed by atoms with Crippen LogP contribution in [0.1, 0.15) is 24.5 Å². The third-order valence-electron chi connectivity index (χ3n) is 3.91. The minimum Gasteiger partial charge on any atom is -0.274 e. The summed E-state index contributed by atoms with van der Waals surface area (Å²) in [5.41, 5.74) is 2.47. The number of hydrogen-bond donors (Lipinski definition) is 0. The zero-order valence-electron chi connectivity index (χ0n) is 10.3. The van der Waals surface area contributed by atoms with Gasteiger partial charge in [-0.1, -0.05) is 6.07 Å². The predicted octanol–water partition coefficient (Wildman–Crippen LogP) is 2.20. The summed E-state index contributed by atoms with van der Waals surface area (Å²) in [6.07, 6.45) is 0.728. The summed E-state index contributed by atoms with van der Waals surface area (Å²) in [5.74, 6) is -0.129. The molecule has 3 heteroatoms. The number of amides is 2. The van der Waals surface area contributed by atoms with Crippen LogP contribution in [-0.2, 0) is 9.59 Å². The van der Waals surface area contributed by atoms with Crippen LogP contribution in [0.4, 0.5) is 5.69 Å². The lowest BCUT2D eigenvalue weighted by Crippen LogP contribution is -2.34. The molecule has 1 heterocycles. The van der Waals surface area contributed by atoms with Gasteiger partial charge in [-0.2, -0.15) is 0 Å². The van der Waals surface area contributed by atoms with E-state index in [0.29, 0.717) is 0 Å². The Bertz CT molecular complexity index is 529. The molecule has 1 saturated carbocycles. The maximum Gasteiger partial charge on any atom is 0.240 e. The van der Waals surface area contributed by atoms with Crippen molar-refractivity contribution in [2.24, 2.45) is 11.3 Å². The van der Waals surface area contributed by atoms with Crippen molar-refractivity contribution < 1.29 is 9.59 Å². The van der Waals surface area contributed by atoms with Gasteiger partial charge in [-0.15, -0.1) is 0 Å². The van der Waals surface area contributed by atoms with Gasteiger partial charge in [0, 0.05) is 0 Å². The molecule has 0 aromatic heterocycles. The number of piperidine rings is 1. The Morgan fingerprint density at radius 3 is 2.24 bits per heavy atom. The van der Waals surface area contributed by atoms with Gasteiger partial charge < -0.3 is 0 Å². The average Bonchev–Trinajstić information content (AvgIpc) is 2.86. The summed E-state index contributed by atoms with van der Waals surface area (Å²) < 4.78 is 0. The Balaban J connectivity index is 2.06. The number of benzene rings is 1. The lowest BCUT2D eigenvalue weighted by Gasteiger charge is -2.19. The average molecular weight is 229 g/mol. The second-order valence-corrected chi connectivity index (χ2v) is 5.50. The normalized spacial score (nSPS) is 30.8. The third kappa shape index (κ3) is 1.28. The molecule has 0 spiro atoms. The summed E-state index contributed by atoms with van der Waals surface area (Å²) in [6.45, 7) is 5.84. The summed E-state index contributed by atoms with van der Waals surface area (Å²) >= 11 is 0. The number of aryl methyl sites for hydroxylation is 2. The first-order valence-electron chi connectivity index (χ1n) is 5.90. The molecule has 0 bridgehead atoms. The molecule has 3 rings (SSSR count). The molecule has 1 aliphatic heterocycles. The van der Waals surface area contributed by atoms with Gasteiger partial charge >= 0.3 is 0 Å². The highest BCUT2D eigenvalue weighted by Gasteiger charge is 2.68. The van der Waals surface area contributed by atoms with Gasteiger partial charge in [0.05, 0.1) is 17.0 Å². The molecule has 2 aliphatic rings. The molecule has 1 aliphatic carbocycles. The van der Waals surface area contributed by atoms with Crippen LogP contribution in [-0.4, -0.2) is 11.8 Å². The molecule has 2 amide bonds. The molecule has 2 atom stereocenters. The Morgan fingerprint density at radius 2 is 1.76 bits per heavy atom. The summed E-state index contributed by atoms with van der Waals surface area (Å²) in [4.78, 5) is 25.7. The van der Waals surface area contributed by atoms with Crippen molar-refractivity contribution in [1.29, 1.82) is 0 Å². The number of imide groups is 1. The molecule has 3 nitrogen and oxygen atoms in total. The number of hydrogen-bond acceptors (Lipinski definition) is 2. The zero-order chi connectivity index (χ0) is 12.4. The Hall–Kier alpha value is -1.64. The number of nitrogens with zero attached hydrogens (tertiary/aromatic N) is 1. The maximum atomic E-state index is 12.2. The van der Waals surface area contributed by atoms with Crippen molar-refractivity contribution in [1.82, 2.24) is 0 Å². The number of carbonyl (C=O) groups is 2. The molecule has 17 heavy (non-hydrogen) atoms. The van der Waals surface area contributed by atoms with E-state index in [1.54, 1.807) is 0 Å². The predicted molar refractivity (Wildman–Crippen MR) is 64.6 cm³/mol. The molecule has 0 unspecified atom stereocenters. The van der Waals surface area contributed by atoms with E-state index in [0.717, 1.165) is 23.2 Å². The van der Waals surface area contributed by atoms with Gasteiger partial charge in [-0.05, 0) is 50.5 Å². The second-order valence-electron chi connectivity index (χ2n) is 5.50. The van der Waals surface area contributed by atoms with Gasteiger partial charge in [-0.25, -0.2) is 4.90 Å². The van der Waals surface area contributed by atoms with E-state index in [4.69, 9.17) is 0 Å². The van der Waals surface area contributed by atoms with Crippen molar-refractivity contribution in [3.63, 3.8) is 0 Å². The van der Waals surface area contributed by atoms with Crippen LogP contribution >= 0.6 is 0 Å². The van der Waals surface area contributed by atoms with Crippen LogP contribution in [0.15, 0.2) is 18.2 Å². The molecule has 1 saturated heterocycles. The number of fused-ring (bicyclic) bond motifs is 1. The van der Waals surface area contributed by atoms with Gasteiger partial charge in [-0.3, -0.25) is 9.59 Å². The smallest absolute Gasteiger partial charge is 0.240 e. The molecule has 88 valence electrons. The quantitative estimate of drug-likeness (QED) is 0.692. The SMILES string of the molecule is Cc1cc(C)cc(N2C(=O)[C@H]3C[C@@]3(C)C2=O)c1. The Morgan fingerprint density at radius 1 is 1.18 bits per heavy atom. The maximum absolute atomic E-state index is 12.2. The molecule has 1 aromatic rings. The molecule has 0 N–H and O–H groups in total. The number of anilines is 1. The van der Waals surface area contributed by atoms with E-state index in [1.165, 1.54) is 4.90 Å². The highest BCUT2D eigenvalue weighted by atomic mass is 16.2. The molecule has 2 fully saturated rings. The first-order valence-corrected chi connectivity index (χ1v) is 5.90. The summed E-state index contributed by atoms with van der Waals surface area (Å²) in [6, 6.07) is 5.84. The van der Waals surface area contributed by atoms with Crippen molar-refractivity contribution in [2.45, 2.75) is 27.2 Å². The standard InChI is InChI=1S/C14H15NO2/c1-8-4-9(2)6-10(5-8)15-12(16)11-7-14(11,3)13(15)17/h4-6,11H,7H2,1-3H3/t11-,14-/m1/s1. The molecule has 1 aromatic carbocycles. The van der Waals surface area contributed by atoms with Crippen molar-refractivity contribution in [3.8, 4) is 0 Å². The van der Waals surface area contributed by atoms with Crippen LogP contribution in [0.25, 0.3) is 0 Å². The monoisotopic (exact) mass is 229 g/mol. The topological polar surface area (TPSA) is 37.4 Å². The molecular weight excluding hydrogens is 214 g/mol. The summed E-state index contributed by atoms with van der Waals surface area (Å²) in [7, 11) is 0. The van der Waals surface area contributed by atoms with Crippen molar-refractivity contribution in [3.05, 3.63) is 29.3 Å². The third-order valence-corrected chi connectivity index (χ3v) is 3.91. The number of rotatable bonds is 1. The lowest BCUT2D eigenvalue weighted by molar-refractivity contribution is -0.124. The van der Waals surface area contributed by atoms with E-state index in [1.807, 2.05) is 39.0 Å². The van der Waals surface area contributed by atoms with Crippen molar-refractivity contribution >= 4 is 17.5 Å². The second kappa shape index (κ2) is 2.97. The van der Waals surface area contributed by atoms with Gasteiger partial charge in [0.15, 0.2) is 0 Å². The first kappa shape index (κ1) is 10.5. The van der Waals surface area contributed by atoms with E-state index < -0.39 is 5.41 Å². The van der Waals surface area contributed by atoms with Crippen LogP contribution in [0.5, 0.6) is 0 Å². The number of carbonyl (C=O) groups excluding carboxylic acids is 2. The van der Waals surface area contributed by atoms with Gasteiger partial charge in [0.2, 0.25) is 11.8 Å². The van der Waals surface area contributed by atoms with Crippen molar-refractivity contribution in [2.75, 3.05) is 4.90 Å². The van der Waals surface area contributed by atoms with E-state index >= 15 is 0 Å². The first-order chi connectivity index (χ1) is 7.93. The molecular formula is C14H15NO2. The van der Waals surface area contributed by atoms with Gasteiger partial charge in [0.1, 0.15) is 0 Å². The van der Waals surface area contributed by atoms with Crippen LogP contribution in [0.3, 0.4) is 0 Å². The summed E-state index contributed by atoms with van der Waals surface area (Å²) in [5, 5.41) is 0. The van der Waals surface area contributed by atoms with E-state index in [9.17, 15) is 9.59 Å². The highest BCUT2D eigenvalue weighted by molar-refractivity contribution is 6.26. The minimum atomic E-state index is -0.408.